The molecule has 0 saturated heterocycles. The van der Waals surface area contributed by atoms with Gasteiger partial charge in [0.15, 0.2) is 0 Å². The van der Waals surface area contributed by atoms with E-state index in [1.54, 1.807) is 0 Å². The first-order chi connectivity index (χ1) is 7.99. The Labute approximate surface area is 104 Å². The monoisotopic (exact) mass is 237 g/mol. The van der Waals surface area contributed by atoms with Gasteiger partial charge in [-0.3, -0.25) is 0 Å². The van der Waals surface area contributed by atoms with Crippen molar-refractivity contribution in [3.05, 3.63) is 28.8 Å². The van der Waals surface area contributed by atoms with Crippen LogP contribution in [0.15, 0.2) is 12.1 Å². The molecule has 0 amide bonds. The lowest BCUT2D eigenvalue weighted by atomic mass is 9.89. The maximum Gasteiger partial charge on any atom is 0.122 e. The van der Waals surface area contributed by atoms with Crippen LogP contribution < -0.4 is 5.90 Å². The van der Waals surface area contributed by atoms with Crippen molar-refractivity contribution in [2.24, 2.45) is 5.90 Å². The smallest absolute Gasteiger partial charge is 0.122 e. The van der Waals surface area contributed by atoms with Crippen LogP contribution in [0.4, 0.5) is 0 Å². The number of nitrogens with two attached hydrogens (primary N) is 1. The Bertz CT molecular complexity index is 373. The van der Waals surface area contributed by atoms with E-state index in [1.807, 2.05) is 6.07 Å². The quantitative estimate of drug-likeness (QED) is 0.774. The molecule has 96 valence electrons. The first-order valence-corrected chi connectivity index (χ1v) is 6.15. The lowest BCUT2D eigenvalue weighted by Crippen LogP contribution is -2.08. The summed E-state index contributed by atoms with van der Waals surface area (Å²) in [5.41, 5.74) is 3.13. The highest BCUT2D eigenvalue weighted by Crippen LogP contribution is 2.34. The summed E-state index contributed by atoms with van der Waals surface area (Å²) in [4.78, 5) is 4.62. The molecule has 3 N–H and O–H groups in total. The Hall–Kier alpha value is -1.06. The van der Waals surface area contributed by atoms with E-state index in [0.29, 0.717) is 30.6 Å². The van der Waals surface area contributed by atoms with Gasteiger partial charge in [-0.1, -0.05) is 39.8 Å². The van der Waals surface area contributed by atoms with Crippen LogP contribution in [0.25, 0.3) is 0 Å². The summed E-state index contributed by atoms with van der Waals surface area (Å²) in [5.74, 6) is 6.17. The fourth-order valence-corrected chi connectivity index (χ4v) is 2.10. The minimum atomic E-state index is 0.314. The molecule has 1 aromatic carbocycles. The van der Waals surface area contributed by atoms with Gasteiger partial charge in [-0.05, 0) is 28.5 Å². The molecule has 0 bridgehead atoms. The lowest BCUT2D eigenvalue weighted by Gasteiger charge is -2.18. The molecule has 0 atom stereocenters. The Kier molecular flexibility index (Phi) is 4.97. The number of benzene rings is 1. The van der Waals surface area contributed by atoms with Crippen LogP contribution in [0.2, 0.25) is 0 Å². The number of aromatic hydroxyl groups is 1. The number of phenolic OH excluding ortho intramolecular Hbond substituents is 1. The van der Waals surface area contributed by atoms with E-state index in [2.05, 4.69) is 38.6 Å². The Morgan fingerprint density at radius 2 is 1.65 bits per heavy atom. The Morgan fingerprint density at radius 3 is 2.12 bits per heavy atom. The summed E-state index contributed by atoms with van der Waals surface area (Å²) in [5, 5.41) is 10.3. The van der Waals surface area contributed by atoms with Crippen LogP contribution in [-0.2, 0) is 11.3 Å². The van der Waals surface area contributed by atoms with Gasteiger partial charge in [0.1, 0.15) is 5.75 Å². The molecule has 0 aliphatic carbocycles. The average Bonchev–Trinajstić information content (AvgIpc) is 2.26. The van der Waals surface area contributed by atoms with Gasteiger partial charge < -0.3 is 9.94 Å². The molecule has 0 fully saturated rings. The van der Waals surface area contributed by atoms with E-state index in [9.17, 15) is 5.11 Å². The molecule has 0 aliphatic rings. The molecule has 0 saturated carbocycles. The van der Waals surface area contributed by atoms with E-state index in [4.69, 9.17) is 5.90 Å². The molecule has 1 rings (SSSR count). The summed E-state index contributed by atoms with van der Waals surface area (Å²) in [7, 11) is 0. The molecule has 0 heterocycles. The zero-order valence-electron chi connectivity index (χ0n) is 11.2. The minimum Gasteiger partial charge on any atom is -0.507 e. The predicted octanol–water partition coefficient (Wildman–Crippen LogP) is 3.07. The molecule has 3 nitrogen and oxygen atoms in total. The highest BCUT2D eigenvalue weighted by molar-refractivity contribution is 5.48. The van der Waals surface area contributed by atoms with Gasteiger partial charge >= 0.3 is 0 Å². The van der Waals surface area contributed by atoms with Crippen LogP contribution in [0.5, 0.6) is 5.75 Å². The highest BCUT2D eigenvalue weighted by Gasteiger charge is 2.16. The van der Waals surface area contributed by atoms with Gasteiger partial charge in [0.25, 0.3) is 0 Å². The fraction of sp³-hybridized carbons (Fsp3) is 0.571. The summed E-state index contributed by atoms with van der Waals surface area (Å²) in [6, 6.07) is 4.12. The average molecular weight is 237 g/mol. The van der Waals surface area contributed by atoms with Crippen LogP contribution in [0.3, 0.4) is 0 Å². The fourth-order valence-electron chi connectivity index (χ4n) is 2.10. The van der Waals surface area contributed by atoms with Crippen LogP contribution in [0, 0.1) is 0 Å². The molecule has 0 aliphatic heterocycles. The second kappa shape index (κ2) is 6.03. The molecule has 1 aromatic rings. The maximum atomic E-state index is 10.3. The second-order valence-corrected chi connectivity index (χ2v) is 5.00. The van der Waals surface area contributed by atoms with Gasteiger partial charge in [-0.25, -0.2) is 5.90 Å². The highest BCUT2D eigenvalue weighted by atomic mass is 16.6. The Morgan fingerprint density at radius 1 is 1.12 bits per heavy atom. The normalized spacial score (nSPS) is 11.5. The SMILES string of the molecule is CC(C)c1ccc(C(C)C)c(CCON)c1O. The third-order valence-corrected chi connectivity index (χ3v) is 3.06. The number of rotatable bonds is 5. The number of hydrogen-bond donors (Lipinski definition) is 2. The summed E-state index contributed by atoms with van der Waals surface area (Å²) >= 11 is 0. The molecule has 0 spiro atoms. The minimum absolute atomic E-state index is 0.314. The van der Waals surface area contributed by atoms with E-state index in [1.165, 1.54) is 5.56 Å². The van der Waals surface area contributed by atoms with Crippen molar-refractivity contribution in [2.75, 3.05) is 6.61 Å². The summed E-state index contributed by atoms with van der Waals surface area (Å²) in [6.07, 6.45) is 0.649. The first kappa shape index (κ1) is 14.0. The van der Waals surface area contributed by atoms with Gasteiger partial charge in [-0.15, -0.1) is 0 Å². The van der Waals surface area contributed by atoms with E-state index < -0.39 is 0 Å². The van der Waals surface area contributed by atoms with E-state index in [0.717, 1.165) is 11.1 Å². The second-order valence-electron chi connectivity index (χ2n) is 5.00. The van der Waals surface area contributed by atoms with Gasteiger partial charge in [0, 0.05) is 6.42 Å². The van der Waals surface area contributed by atoms with Crippen molar-refractivity contribution in [1.82, 2.24) is 0 Å². The van der Waals surface area contributed by atoms with Gasteiger partial charge in [0.2, 0.25) is 0 Å². The molecule has 0 radical (unpaired) electrons. The van der Waals surface area contributed by atoms with Crippen molar-refractivity contribution in [3.8, 4) is 5.75 Å². The first-order valence-electron chi connectivity index (χ1n) is 6.15. The lowest BCUT2D eigenvalue weighted by molar-refractivity contribution is 0.140. The summed E-state index contributed by atoms with van der Waals surface area (Å²) < 4.78 is 0. The van der Waals surface area contributed by atoms with Gasteiger partial charge in [-0.2, -0.15) is 0 Å². The Balaban J connectivity index is 3.21. The number of phenols is 1. The predicted molar refractivity (Wildman–Crippen MR) is 70.1 cm³/mol. The third kappa shape index (κ3) is 3.20. The zero-order chi connectivity index (χ0) is 13.0. The molecule has 0 aromatic heterocycles. The third-order valence-electron chi connectivity index (χ3n) is 3.06. The van der Waals surface area contributed by atoms with E-state index >= 15 is 0 Å². The zero-order valence-corrected chi connectivity index (χ0v) is 11.2. The topological polar surface area (TPSA) is 55.5 Å². The van der Waals surface area contributed by atoms with Crippen LogP contribution in [-0.4, -0.2) is 11.7 Å². The van der Waals surface area contributed by atoms with Gasteiger partial charge in [0.05, 0.1) is 6.61 Å². The molecule has 3 heteroatoms. The molecule has 0 unspecified atom stereocenters. The molecular weight excluding hydrogens is 214 g/mol. The van der Waals surface area contributed by atoms with Crippen LogP contribution >= 0.6 is 0 Å². The van der Waals surface area contributed by atoms with Crippen molar-refractivity contribution in [2.45, 2.75) is 46.0 Å². The molecular formula is C14H23NO2. The van der Waals surface area contributed by atoms with E-state index in [-0.39, 0.29) is 0 Å². The van der Waals surface area contributed by atoms with Crippen molar-refractivity contribution in [1.29, 1.82) is 0 Å². The van der Waals surface area contributed by atoms with Crippen molar-refractivity contribution in [3.63, 3.8) is 0 Å². The largest absolute Gasteiger partial charge is 0.507 e. The summed E-state index contributed by atoms with van der Waals surface area (Å²) in [6.45, 7) is 8.82. The van der Waals surface area contributed by atoms with Crippen molar-refractivity contribution < 1.29 is 9.94 Å². The molecule has 17 heavy (non-hydrogen) atoms. The maximum absolute atomic E-state index is 10.3. The number of hydrogen-bond acceptors (Lipinski definition) is 3. The van der Waals surface area contributed by atoms with Crippen LogP contribution in [0.1, 0.15) is 56.2 Å². The van der Waals surface area contributed by atoms with Crippen molar-refractivity contribution >= 4 is 0 Å². The standard InChI is InChI=1S/C14H23NO2/c1-9(2)11-5-6-12(10(3)4)14(16)13(11)7-8-17-15/h5-6,9-10,16H,7-8,15H2,1-4H3.